The van der Waals surface area contributed by atoms with Crippen LogP contribution in [0.3, 0.4) is 0 Å². The van der Waals surface area contributed by atoms with E-state index in [0.29, 0.717) is 50.5 Å². The zero-order valence-electron chi connectivity index (χ0n) is 24.1. The highest BCUT2D eigenvalue weighted by molar-refractivity contribution is 5.94. The fourth-order valence-electron chi connectivity index (χ4n) is 4.63. The number of hydrogen-bond donors (Lipinski definition) is 2. The molecule has 212 valence electrons. The third-order valence-electron chi connectivity index (χ3n) is 6.82. The number of ether oxygens (including phenoxy) is 1. The lowest BCUT2D eigenvalue weighted by atomic mass is 10.1. The minimum absolute atomic E-state index is 0.0457. The second-order valence-corrected chi connectivity index (χ2v) is 10.8. The number of aromatic amines is 1. The fourth-order valence-corrected chi connectivity index (χ4v) is 4.63. The summed E-state index contributed by atoms with van der Waals surface area (Å²) < 4.78 is 5.50. The summed E-state index contributed by atoms with van der Waals surface area (Å²) >= 11 is 0. The van der Waals surface area contributed by atoms with Crippen molar-refractivity contribution in [1.82, 2.24) is 19.8 Å². The Labute approximate surface area is 236 Å². The number of nitrogens with one attached hydrogen (secondary N) is 1. The maximum Gasteiger partial charge on any atom is 0.410 e. The van der Waals surface area contributed by atoms with Crippen LogP contribution in [0.1, 0.15) is 56.2 Å². The van der Waals surface area contributed by atoms with Gasteiger partial charge in [-0.05, 0) is 76.6 Å². The van der Waals surface area contributed by atoms with Crippen LogP contribution in [0.4, 0.5) is 16.3 Å². The van der Waals surface area contributed by atoms with E-state index in [-0.39, 0.29) is 12.0 Å². The first kappa shape index (κ1) is 28.7. The molecule has 1 aliphatic heterocycles. The van der Waals surface area contributed by atoms with Gasteiger partial charge in [0.15, 0.2) is 0 Å². The van der Waals surface area contributed by atoms with Crippen molar-refractivity contribution < 1.29 is 14.3 Å². The van der Waals surface area contributed by atoms with Gasteiger partial charge in [-0.1, -0.05) is 18.2 Å². The lowest BCUT2D eigenvalue weighted by Gasteiger charge is -2.36. The highest BCUT2D eigenvalue weighted by Gasteiger charge is 2.27. The first-order valence-corrected chi connectivity index (χ1v) is 13.8. The first-order chi connectivity index (χ1) is 19.1. The van der Waals surface area contributed by atoms with Crippen LogP contribution in [0.15, 0.2) is 48.7 Å². The average Bonchev–Trinajstić information content (AvgIpc) is 3.33. The van der Waals surface area contributed by atoms with E-state index in [4.69, 9.17) is 10.5 Å². The first-order valence-electron chi connectivity index (χ1n) is 13.8. The van der Waals surface area contributed by atoms with Gasteiger partial charge in [-0.15, -0.1) is 0 Å². The van der Waals surface area contributed by atoms with Gasteiger partial charge in [0.25, 0.3) is 5.91 Å². The summed E-state index contributed by atoms with van der Waals surface area (Å²) in [7, 11) is 0. The quantitative estimate of drug-likeness (QED) is 0.414. The number of amides is 2. The van der Waals surface area contributed by atoms with Crippen molar-refractivity contribution in [2.45, 2.75) is 40.2 Å². The number of carbonyl (C=O) groups excluding carboxylic acids is 2. The number of nitrogens with two attached hydrogens (primary N) is 1. The van der Waals surface area contributed by atoms with E-state index < -0.39 is 5.60 Å². The van der Waals surface area contributed by atoms with E-state index in [1.165, 1.54) is 0 Å². The lowest BCUT2D eigenvalue weighted by Crippen LogP contribution is -2.50. The molecule has 3 N–H and O–H groups in total. The standard InChI is InChI=1S/C31H40N6O3/c1-6-35(7-2)29(38)23-11-8-22(9-12-23)10-13-25-20-24(14-15-33-25)27-21-26(32)28(34-27)36-16-18-37(19-17-36)30(39)40-31(3,4)5/h8-15,20-21,34H,6-7,16-19,32H2,1-5H3/b13-10+. The minimum Gasteiger partial charge on any atom is -0.444 e. The summed E-state index contributed by atoms with van der Waals surface area (Å²) in [5.74, 6) is 0.900. The van der Waals surface area contributed by atoms with Crippen molar-refractivity contribution >= 4 is 35.7 Å². The van der Waals surface area contributed by atoms with E-state index in [2.05, 4.69) is 14.9 Å². The number of carbonyl (C=O) groups is 2. The van der Waals surface area contributed by atoms with Gasteiger partial charge >= 0.3 is 6.09 Å². The van der Waals surface area contributed by atoms with Crippen LogP contribution < -0.4 is 10.6 Å². The number of hydrogen-bond acceptors (Lipinski definition) is 6. The molecule has 0 unspecified atom stereocenters. The summed E-state index contributed by atoms with van der Waals surface area (Å²) in [5, 5.41) is 0. The van der Waals surface area contributed by atoms with E-state index >= 15 is 0 Å². The van der Waals surface area contributed by atoms with Crippen LogP contribution in [0.5, 0.6) is 0 Å². The maximum atomic E-state index is 12.5. The molecule has 0 aliphatic carbocycles. The number of H-pyrrole nitrogens is 1. The van der Waals surface area contributed by atoms with Crippen molar-refractivity contribution in [1.29, 1.82) is 0 Å². The molecule has 1 saturated heterocycles. The number of piperazine rings is 1. The predicted octanol–water partition coefficient (Wildman–Crippen LogP) is 5.37. The van der Waals surface area contributed by atoms with Crippen LogP contribution in [-0.2, 0) is 4.74 Å². The number of anilines is 2. The van der Waals surface area contributed by atoms with E-state index in [0.717, 1.165) is 28.3 Å². The fraction of sp³-hybridized carbons (Fsp3) is 0.387. The highest BCUT2D eigenvalue weighted by atomic mass is 16.6. The molecule has 2 aromatic heterocycles. The lowest BCUT2D eigenvalue weighted by molar-refractivity contribution is 0.0240. The Balaban J connectivity index is 1.41. The normalized spacial score (nSPS) is 14.0. The highest BCUT2D eigenvalue weighted by Crippen LogP contribution is 2.30. The van der Waals surface area contributed by atoms with Gasteiger partial charge in [0.2, 0.25) is 0 Å². The van der Waals surface area contributed by atoms with Crippen molar-refractivity contribution in [2.75, 3.05) is 49.9 Å². The molecule has 1 aromatic carbocycles. The average molecular weight is 545 g/mol. The van der Waals surface area contributed by atoms with Crippen LogP contribution in [0.2, 0.25) is 0 Å². The molecule has 9 nitrogen and oxygen atoms in total. The van der Waals surface area contributed by atoms with Crippen molar-refractivity contribution in [3.63, 3.8) is 0 Å². The summed E-state index contributed by atoms with van der Waals surface area (Å²) in [4.78, 5) is 38.6. The molecule has 0 saturated carbocycles. The molecule has 9 heteroatoms. The summed E-state index contributed by atoms with van der Waals surface area (Å²) in [6.07, 6.45) is 5.43. The van der Waals surface area contributed by atoms with Crippen LogP contribution in [0.25, 0.3) is 23.4 Å². The Morgan fingerprint density at radius 1 is 1.02 bits per heavy atom. The number of benzene rings is 1. The van der Waals surface area contributed by atoms with E-state index in [1.807, 2.05) is 94.1 Å². The molecule has 3 heterocycles. The van der Waals surface area contributed by atoms with Gasteiger partial charge in [-0.3, -0.25) is 9.78 Å². The molecule has 0 radical (unpaired) electrons. The van der Waals surface area contributed by atoms with Crippen LogP contribution >= 0.6 is 0 Å². The Morgan fingerprint density at radius 3 is 2.33 bits per heavy atom. The third-order valence-corrected chi connectivity index (χ3v) is 6.82. The second kappa shape index (κ2) is 12.3. The number of nitrogens with zero attached hydrogens (tertiary/aromatic N) is 4. The van der Waals surface area contributed by atoms with E-state index in [1.54, 1.807) is 11.1 Å². The molecule has 1 fully saturated rings. The van der Waals surface area contributed by atoms with Gasteiger partial charge in [-0.25, -0.2) is 4.79 Å². The van der Waals surface area contributed by atoms with Gasteiger partial charge in [0.1, 0.15) is 11.4 Å². The molecule has 0 spiro atoms. The Hall–Kier alpha value is -4.27. The van der Waals surface area contributed by atoms with Gasteiger partial charge in [0.05, 0.1) is 11.4 Å². The molecule has 40 heavy (non-hydrogen) atoms. The largest absolute Gasteiger partial charge is 0.444 e. The molecule has 2 amide bonds. The van der Waals surface area contributed by atoms with Crippen LogP contribution in [0, 0.1) is 0 Å². The Morgan fingerprint density at radius 2 is 1.70 bits per heavy atom. The van der Waals surface area contributed by atoms with Gasteiger partial charge in [0, 0.05) is 62.3 Å². The maximum absolute atomic E-state index is 12.5. The van der Waals surface area contributed by atoms with Gasteiger partial charge in [-0.2, -0.15) is 0 Å². The van der Waals surface area contributed by atoms with Crippen molar-refractivity contribution in [2.24, 2.45) is 0 Å². The zero-order valence-corrected chi connectivity index (χ0v) is 24.1. The number of rotatable bonds is 7. The Kier molecular flexibility index (Phi) is 8.82. The van der Waals surface area contributed by atoms with Crippen molar-refractivity contribution in [3.8, 4) is 11.3 Å². The minimum atomic E-state index is -0.512. The van der Waals surface area contributed by atoms with Gasteiger partial charge < -0.3 is 30.2 Å². The molecular formula is C31H40N6O3. The molecule has 0 bridgehead atoms. The Bertz CT molecular complexity index is 1340. The summed E-state index contributed by atoms with van der Waals surface area (Å²) in [6.45, 7) is 13.4. The second-order valence-electron chi connectivity index (χ2n) is 10.8. The SMILES string of the molecule is CCN(CC)C(=O)c1ccc(/C=C/c2cc(-c3cc(N)c(N4CCN(C(=O)OC(C)(C)C)CC4)[nH]3)ccn2)cc1. The molecule has 4 rings (SSSR count). The molecule has 3 aromatic rings. The van der Waals surface area contributed by atoms with E-state index in [9.17, 15) is 9.59 Å². The topological polar surface area (TPSA) is 108 Å². The molecule has 0 atom stereocenters. The smallest absolute Gasteiger partial charge is 0.410 e. The summed E-state index contributed by atoms with van der Waals surface area (Å²) in [5.41, 5.74) is 10.9. The van der Waals surface area contributed by atoms with Crippen LogP contribution in [-0.4, -0.2) is 76.6 Å². The van der Waals surface area contributed by atoms with Crippen molar-refractivity contribution in [3.05, 3.63) is 65.5 Å². The number of aromatic nitrogens is 2. The molecule has 1 aliphatic rings. The number of pyridine rings is 1. The summed E-state index contributed by atoms with van der Waals surface area (Å²) in [6, 6.07) is 13.5. The zero-order chi connectivity index (χ0) is 28.9. The monoisotopic (exact) mass is 544 g/mol. The third kappa shape index (κ3) is 7.02. The number of nitrogen functional groups attached to an aromatic ring is 1. The predicted molar refractivity (Wildman–Crippen MR) is 161 cm³/mol. The molecular weight excluding hydrogens is 504 g/mol.